The number of carbonyl (C=O) groups is 1. The number of amides is 1. The summed E-state index contributed by atoms with van der Waals surface area (Å²) < 4.78 is 5.44. The Hall–Kier alpha value is -2.14. The van der Waals surface area contributed by atoms with Gasteiger partial charge < -0.3 is 14.6 Å². The van der Waals surface area contributed by atoms with Crippen LogP contribution in [0.15, 0.2) is 36.8 Å². The van der Waals surface area contributed by atoms with Gasteiger partial charge in [-0.2, -0.15) is 0 Å². The van der Waals surface area contributed by atoms with Gasteiger partial charge in [-0.3, -0.25) is 4.79 Å². The lowest BCUT2D eigenvalue weighted by Gasteiger charge is -2.26. The number of ether oxygens (including phenoxy) is 1. The SMILES string of the molecule is CC1CCOCCN1C(=O)c1ccc(-c2cnc[nH]2)cc1. The van der Waals surface area contributed by atoms with Gasteiger partial charge in [0, 0.05) is 24.8 Å². The molecule has 2 aromatic rings. The summed E-state index contributed by atoms with van der Waals surface area (Å²) in [6, 6.07) is 7.85. The van der Waals surface area contributed by atoms with Gasteiger partial charge in [0.25, 0.3) is 5.91 Å². The van der Waals surface area contributed by atoms with E-state index in [4.69, 9.17) is 4.74 Å². The summed E-state index contributed by atoms with van der Waals surface area (Å²) in [5, 5.41) is 0. The van der Waals surface area contributed by atoms with Crippen molar-refractivity contribution in [3.63, 3.8) is 0 Å². The highest BCUT2D eigenvalue weighted by atomic mass is 16.5. The Morgan fingerprint density at radius 3 is 2.86 bits per heavy atom. The van der Waals surface area contributed by atoms with Crippen LogP contribution in [0.25, 0.3) is 11.3 Å². The number of rotatable bonds is 2. The number of nitrogens with zero attached hydrogens (tertiary/aromatic N) is 2. The van der Waals surface area contributed by atoms with Gasteiger partial charge in [-0.25, -0.2) is 4.98 Å². The van der Waals surface area contributed by atoms with E-state index in [0.717, 1.165) is 24.3 Å². The standard InChI is InChI=1S/C16H19N3O2/c1-12-6-8-21-9-7-19(12)16(20)14-4-2-13(3-5-14)15-10-17-11-18-15/h2-5,10-12H,6-9H2,1H3,(H,17,18). The topological polar surface area (TPSA) is 58.2 Å². The highest BCUT2D eigenvalue weighted by Crippen LogP contribution is 2.19. The Bertz CT molecular complexity index is 592. The van der Waals surface area contributed by atoms with Crippen molar-refractivity contribution in [3.05, 3.63) is 42.4 Å². The Labute approximate surface area is 124 Å². The quantitative estimate of drug-likeness (QED) is 0.921. The van der Waals surface area contributed by atoms with Crippen LogP contribution in [0.1, 0.15) is 23.7 Å². The second kappa shape index (κ2) is 6.10. The van der Waals surface area contributed by atoms with Crippen LogP contribution in [0.4, 0.5) is 0 Å². The van der Waals surface area contributed by atoms with Gasteiger partial charge in [0.05, 0.1) is 24.8 Å². The number of carbonyl (C=O) groups excluding carboxylic acids is 1. The summed E-state index contributed by atoms with van der Waals surface area (Å²) in [6.45, 7) is 4.07. The summed E-state index contributed by atoms with van der Waals surface area (Å²) in [6.07, 6.45) is 4.30. The number of aromatic nitrogens is 2. The highest BCUT2D eigenvalue weighted by Gasteiger charge is 2.23. The molecular weight excluding hydrogens is 266 g/mol. The number of H-pyrrole nitrogens is 1. The minimum Gasteiger partial charge on any atom is -0.380 e. The number of imidazole rings is 1. The van der Waals surface area contributed by atoms with Crippen LogP contribution in [0.2, 0.25) is 0 Å². The summed E-state index contributed by atoms with van der Waals surface area (Å²) in [4.78, 5) is 21.6. The third-order valence-electron chi connectivity index (χ3n) is 3.89. The fraction of sp³-hybridized carbons (Fsp3) is 0.375. The van der Waals surface area contributed by atoms with Gasteiger partial charge in [0.1, 0.15) is 0 Å². The fourth-order valence-corrected chi connectivity index (χ4v) is 2.57. The minimum absolute atomic E-state index is 0.0733. The van der Waals surface area contributed by atoms with Gasteiger partial charge in [0.2, 0.25) is 0 Å². The zero-order chi connectivity index (χ0) is 14.7. The average molecular weight is 285 g/mol. The lowest BCUT2D eigenvalue weighted by Crippen LogP contribution is -2.39. The maximum Gasteiger partial charge on any atom is 0.254 e. The van der Waals surface area contributed by atoms with E-state index >= 15 is 0 Å². The normalized spacial score (nSPS) is 19.3. The second-order valence-electron chi connectivity index (χ2n) is 5.29. The molecule has 0 bridgehead atoms. The van der Waals surface area contributed by atoms with E-state index in [1.54, 1.807) is 12.5 Å². The first kappa shape index (κ1) is 13.8. The first-order valence-corrected chi connectivity index (χ1v) is 7.23. The van der Waals surface area contributed by atoms with Crippen molar-refractivity contribution < 1.29 is 9.53 Å². The third-order valence-corrected chi connectivity index (χ3v) is 3.89. The van der Waals surface area contributed by atoms with E-state index in [0.29, 0.717) is 18.7 Å². The van der Waals surface area contributed by atoms with Crippen LogP contribution in [-0.2, 0) is 4.74 Å². The van der Waals surface area contributed by atoms with Crippen molar-refractivity contribution in [1.29, 1.82) is 0 Å². The molecule has 1 aliphatic heterocycles. The summed E-state index contributed by atoms with van der Waals surface area (Å²) in [7, 11) is 0. The molecule has 1 N–H and O–H groups in total. The monoisotopic (exact) mass is 285 g/mol. The summed E-state index contributed by atoms with van der Waals surface area (Å²) in [5.74, 6) is 0.0733. The molecule has 0 saturated carbocycles. The molecule has 3 rings (SSSR count). The molecule has 1 aliphatic rings. The Morgan fingerprint density at radius 2 is 2.14 bits per heavy atom. The Morgan fingerprint density at radius 1 is 1.33 bits per heavy atom. The largest absolute Gasteiger partial charge is 0.380 e. The molecule has 2 heterocycles. The zero-order valence-corrected chi connectivity index (χ0v) is 12.1. The van der Waals surface area contributed by atoms with Gasteiger partial charge in [-0.15, -0.1) is 0 Å². The molecule has 1 amide bonds. The van der Waals surface area contributed by atoms with Crippen molar-refractivity contribution >= 4 is 5.91 Å². The molecule has 0 spiro atoms. The minimum atomic E-state index is 0.0733. The zero-order valence-electron chi connectivity index (χ0n) is 12.1. The lowest BCUT2D eigenvalue weighted by molar-refractivity contribution is 0.0687. The van der Waals surface area contributed by atoms with E-state index in [1.807, 2.05) is 29.2 Å². The predicted octanol–water partition coefficient (Wildman–Crippen LogP) is 2.33. The fourth-order valence-electron chi connectivity index (χ4n) is 2.57. The molecule has 0 aliphatic carbocycles. The Balaban J connectivity index is 1.78. The van der Waals surface area contributed by atoms with Crippen LogP contribution in [0.5, 0.6) is 0 Å². The van der Waals surface area contributed by atoms with E-state index in [9.17, 15) is 4.79 Å². The number of benzene rings is 1. The van der Waals surface area contributed by atoms with Gasteiger partial charge in [0.15, 0.2) is 0 Å². The number of nitrogens with one attached hydrogen (secondary N) is 1. The molecule has 1 unspecified atom stereocenters. The van der Waals surface area contributed by atoms with Crippen molar-refractivity contribution in [1.82, 2.24) is 14.9 Å². The van der Waals surface area contributed by atoms with E-state index in [-0.39, 0.29) is 11.9 Å². The first-order valence-electron chi connectivity index (χ1n) is 7.23. The molecule has 1 aromatic heterocycles. The molecule has 5 heteroatoms. The molecule has 1 atom stereocenters. The molecule has 5 nitrogen and oxygen atoms in total. The molecular formula is C16H19N3O2. The maximum atomic E-state index is 12.6. The lowest BCUT2D eigenvalue weighted by atomic mass is 10.1. The molecule has 0 radical (unpaired) electrons. The molecule has 1 aromatic carbocycles. The van der Waals surface area contributed by atoms with Crippen molar-refractivity contribution in [2.24, 2.45) is 0 Å². The van der Waals surface area contributed by atoms with Crippen molar-refractivity contribution in [2.45, 2.75) is 19.4 Å². The second-order valence-corrected chi connectivity index (χ2v) is 5.29. The predicted molar refractivity (Wildman–Crippen MR) is 80.0 cm³/mol. The highest BCUT2D eigenvalue weighted by molar-refractivity contribution is 5.94. The molecule has 1 saturated heterocycles. The van der Waals surface area contributed by atoms with Crippen LogP contribution >= 0.6 is 0 Å². The maximum absolute atomic E-state index is 12.6. The van der Waals surface area contributed by atoms with E-state index in [1.165, 1.54) is 0 Å². The van der Waals surface area contributed by atoms with Crippen LogP contribution in [0.3, 0.4) is 0 Å². The first-order chi connectivity index (χ1) is 10.3. The average Bonchev–Trinajstić information content (AvgIpc) is 2.96. The van der Waals surface area contributed by atoms with Gasteiger partial charge >= 0.3 is 0 Å². The van der Waals surface area contributed by atoms with Crippen LogP contribution in [0, 0.1) is 0 Å². The molecule has 21 heavy (non-hydrogen) atoms. The van der Waals surface area contributed by atoms with E-state index < -0.39 is 0 Å². The number of hydrogen-bond acceptors (Lipinski definition) is 3. The van der Waals surface area contributed by atoms with Crippen LogP contribution < -0.4 is 0 Å². The summed E-state index contributed by atoms with van der Waals surface area (Å²) in [5.41, 5.74) is 2.69. The summed E-state index contributed by atoms with van der Waals surface area (Å²) >= 11 is 0. The third kappa shape index (κ3) is 2.97. The Kier molecular flexibility index (Phi) is 4.01. The molecule has 1 fully saturated rings. The van der Waals surface area contributed by atoms with Crippen molar-refractivity contribution in [3.8, 4) is 11.3 Å². The number of aromatic amines is 1. The van der Waals surface area contributed by atoms with Crippen LogP contribution in [-0.4, -0.2) is 46.6 Å². The van der Waals surface area contributed by atoms with Gasteiger partial charge in [-0.05, 0) is 31.0 Å². The number of hydrogen-bond donors (Lipinski definition) is 1. The molecule has 110 valence electrons. The van der Waals surface area contributed by atoms with Gasteiger partial charge in [-0.1, -0.05) is 12.1 Å². The van der Waals surface area contributed by atoms with Crippen molar-refractivity contribution in [2.75, 3.05) is 19.8 Å². The smallest absolute Gasteiger partial charge is 0.254 e. The van der Waals surface area contributed by atoms with E-state index in [2.05, 4.69) is 16.9 Å².